The molecule has 1 amide bonds. The van der Waals surface area contributed by atoms with Crippen LogP contribution < -0.4 is 15.0 Å². The first kappa shape index (κ1) is 24.8. The van der Waals surface area contributed by atoms with Gasteiger partial charge in [-0.2, -0.15) is 4.98 Å². The summed E-state index contributed by atoms with van der Waals surface area (Å²) < 4.78 is 11.0. The number of methoxy groups -OCH3 is 1. The number of ether oxygens (including phenoxy) is 2. The molecule has 0 radical (unpaired) electrons. The number of aromatic nitrogens is 2. The standard InChI is InChI=1S/C24H28ClN5O5/c1-26-5-10-35-14-22(31)30-8-6-29(7-9-30)21-4-3-15(23(28-21)34-2)16-11-17-18(24(32)33)13-27-20(17)12-19(16)25/h3-4,11-13,26-27H,5-10,14H2,1-2H3,(H,32,33). The minimum atomic E-state index is -1.02. The molecule has 10 nitrogen and oxygen atoms in total. The van der Waals surface area contributed by atoms with Gasteiger partial charge in [0.15, 0.2) is 0 Å². The number of benzene rings is 1. The number of piperazine rings is 1. The second kappa shape index (κ2) is 10.9. The fraction of sp³-hybridized carbons (Fsp3) is 0.375. The molecule has 0 atom stereocenters. The number of pyridine rings is 1. The number of carboxylic acids is 1. The van der Waals surface area contributed by atoms with Crippen molar-refractivity contribution in [3.05, 3.63) is 41.0 Å². The highest BCUT2D eigenvalue weighted by Crippen LogP contribution is 2.38. The highest BCUT2D eigenvalue weighted by atomic mass is 35.5. The first-order valence-corrected chi connectivity index (χ1v) is 11.6. The maximum absolute atomic E-state index is 12.4. The number of fused-ring (bicyclic) bond motifs is 1. The summed E-state index contributed by atoms with van der Waals surface area (Å²) in [5, 5.41) is 13.5. The number of halogens is 1. The van der Waals surface area contributed by atoms with E-state index in [1.165, 1.54) is 13.3 Å². The molecule has 1 fully saturated rings. The molecule has 0 aliphatic carbocycles. The first-order chi connectivity index (χ1) is 16.9. The van der Waals surface area contributed by atoms with Crippen LogP contribution in [0.15, 0.2) is 30.5 Å². The number of carbonyl (C=O) groups excluding carboxylic acids is 1. The summed E-state index contributed by atoms with van der Waals surface area (Å²) >= 11 is 6.53. The fourth-order valence-electron chi connectivity index (χ4n) is 4.10. The van der Waals surface area contributed by atoms with Crippen LogP contribution >= 0.6 is 11.6 Å². The van der Waals surface area contributed by atoms with E-state index in [0.717, 1.165) is 5.82 Å². The lowest BCUT2D eigenvalue weighted by atomic mass is 10.0. The molecule has 186 valence electrons. The molecule has 4 rings (SSSR count). The van der Waals surface area contributed by atoms with Crippen molar-refractivity contribution in [3.63, 3.8) is 0 Å². The second-order valence-electron chi connectivity index (χ2n) is 8.14. The number of nitrogens with zero attached hydrogens (tertiary/aromatic N) is 3. The summed E-state index contributed by atoms with van der Waals surface area (Å²) in [5.41, 5.74) is 2.10. The monoisotopic (exact) mass is 501 g/mol. The predicted octanol–water partition coefficient (Wildman–Crippen LogP) is 2.47. The number of nitrogens with one attached hydrogen (secondary N) is 2. The first-order valence-electron chi connectivity index (χ1n) is 11.3. The van der Waals surface area contributed by atoms with E-state index in [4.69, 9.17) is 21.1 Å². The Morgan fingerprint density at radius 3 is 2.66 bits per heavy atom. The van der Waals surface area contributed by atoms with E-state index in [1.54, 1.807) is 17.0 Å². The molecule has 0 bridgehead atoms. The van der Waals surface area contributed by atoms with Crippen molar-refractivity contribution in [2.75, 3.05) is 65.0 Å². The average Bonchev–Trinajstić information content (AvgIpc) is 3.28. The summed E-state index contributed by atoms with van der Waals surface area (Å²) in [6.45, 7) is 3.71. The van der Waals surface area contributed by atoms with Crippen LogP contribution in [0.25, 0.3) is 22.0 Å². The normalized spacial score (nSPS) is 13.9. The summed E-state index contributed by atoms with van der Waals surface area (Å²) in [4.78, 5) is 35.4. The van der Waals surface area contributed by atoms with Crippen LogP contribution in [0.1, 0.15) is 10.4 Å². The van der Waals surface area contributed by atoms with Gasteiger partial charge < -0.3 is 34.7 Å². The van der Waals surface area contributed by atoms with Crippen molar-refractivity contribution in [2.24, 2.45) is 0 Å². The van der Waals surface area contributed by atoms with Crippen LogP contribution in [0.4, 0.5) is 5.82 Å². The predicted molar refractivity (Wildman–Crippen MR) is 134 cm³/mol. The van der Waals surface area contributed by atoms with Gasteiger partial charge in [-0.15, -0.1) is 0 Å². The Morgan fingerprint density at radius 2 is 1.97 bits per heavy atom. The molecular weight excluding hydrogens is 474 g/mol. The number of carboxylic acid groups (broad SMARTS) is 1. The van der Waals surface area contributed by atoms with Crippen LogP contribution in [0.3, 0.4) is 0 Å². The molecule has 3 N–H and O–H groups in total. The number of rotatable bonds is 9. The van der Waals surface area contributed by atoms with E-state index in [9.17, 15) is 14.7 Å². The van der Waals surface area contributed by atoms with Crippen molar-refractivity contribution in [1.29, 1.82) is 0 Å². The Balaban J connectivity index is 1.50. The number of carbonyl (C=O) groups is 2. The maximum atomic E-state index is 12.4. The molecule has 3 heterocycles. The molecule has 1 aliphatic heterocycles. The van der Waals surface area contributed by atoms with Crippen LogP contribution in [-0.4, -0.2) is 91.9 Å². The molecule has 35 heavy (non-hydrogen) atoms. The van der Waals surface area contributed by atoms with Gasteiger partial charge in [0.05, 0.1) is 24.3 Å². The molecule has 11 heteroatoms. The van der Waals surface area contributed by atoms with Gasteiger partial charge in [0, 0.05) is 61.0 Å². The van der Waals surface area contributed by atoms with Gasteiger partial charge in [0.2, 0.25) is 11.8 Å². The smallest absolute Gasteiger partial charge is 0.337 e. The van der Waals surface area contributed by atoms with Gasteiger partial charge in [-0.05, 0) is 31.3 Å². The third-order valence-electron chi connectivity index (χ3n) is 6.01. The zero-order valence-corrected chi connectivity index (χ0v) is 20.4. The molecule has 3 aromatic rings. The van der Waals surface area contributed by atoms with Crippen molar-refractivity contribution < 1.29 is 24.2 Å². The number of aromatic carboxylic acids is 1. The van der Waals surface area contributed by atoms with Crippen molar-refractivity contribution in [1.82, 2.24) is 20.2 Å². The number of aromatic amines is 1. The van der Waals surface area contributed by atoms with Crippen LogP contribution in [0.5, 0.6) is 5.88 Å². The van der Waals surface area contributed by atoms with Gasteiger partial charge in [-0.3, -0.25) is 4.79 Å². The number of likely N-dealkylation sites (N-methyl/N-ethyl adjacent to an activating group) is 1. The number of hydrogen-bond donors (Lipinski definition) is 3. The Bertz CT molecular complexity index is 1220. The highest BCUT2D eigenvalue weighted by Gasteiger charge is 2.23. The van der Waals surface area contributed by atoms with Gasteiger partial charge >= 0.3 is 5.97 Å². The van der Waals surface area contributed by atoms with E-state index < -0.39 is 5.97 Å². The maximum Gasteiger partial charge on any atom is 0.337 e. The van der Waals surface area contributed by atoms with E-state index in [0.29, 0.717) is 72.3 Å². The van der Waals surface area contributed by atoms with Crippen molar-refractivity contribution in [2.45, 2.75) is 0 Å². The number of hydrogen-bond acceptors (Lipinski definition) is 7. The minimum absolute atomic E-state index is 0.0165. The summed E-state index contributed by atoms with van der Waals surface area (Å²) in [6.07, 6.45) is 1.45. The molecule has 2 aromatic heterocycles. The van der Waals surface area contributed by atoms with Gasteiger partial charge in [0.1, 0.15) is 12.4 Å². The quantitative estimate of drug-likeness (QED) is 0.382. The van der Waals surface area contributed by atoms with Crippen LogP contribution in [0, 0.1) is 0 Å². The Morgan fingerprint density at radius 1 is 1.20 bits per heavy atom. The summed E-state index contributed by atoms with van der Waals surface area (Å²) in [5.74, 6) is 0.0740. The van der Waals surface area contributed by atoms with E-state index in [1.807, 2.05) is 19.2 Å². The molecular formula is C24H28ClN5O5. The highest BCUT2D eigenvalue weighted by molar-refractivity contribution is 6.34. The van der Waals surface area contributed by atoms with Gasteiger partial charge in [0.25, 0.3) is 0 Å². The van der Waals surface area contributed by atoms with Crippen molar-refractivity contribution >= 4 is 40.2 Å². The lowest BCUT2D eigenvalue weighted by Crippen LogP contribution is -2.50. The molecule has 1 saturated heterocycles. The van der Waals surface area contributed by atoms with E-state index in [-0.39, 0.29) is 18.1 Å². The molecule has 0 spiro atoms. The minimum Gasteiger partial charge on any atom is -0.480 e. The Labute approximate surface area is 207 Å². The number of anilines is 1. The largest absolute Gasteiger partial charge is 0.480 e. The lowest BCUT2D eigenvalue weighted by Gasteiger charge is -2.35. The van der Waals surface area contributed by atoms with Gasteiger partial charge in [-0.1, -0.05) is 11.6 Å². The Kier molecular flexibility index (Phi) is 7.74. The molecule has 1 aliphatic rings. The molecule has 0 saturated carbocycles. The average molecular weight is 502 g/mol. The topological polar surface area (TPSA) is 120 Å². The Hall–Kier alpha value is -3.34. The lowest BCUT2D eigenvalue weighted by molar-refractivity contribution is -0.136. The zero-order chi connectivity index (χ0) is 24.9. The van der Waals surface area contributed by atoms with E-state index >= 15 is 0 Å². The molecule has 1 aromatic carbocycles. The zero-order valence-electron chi connectivity index (χ0n) is 19.6. The summed E-state index contributed by atoms with van der Waals surface area (Å²) in [7, 11) is 3.37. The number of H-pyrrole nitrogens is 1. The summed E-state index contributed by atoms with van der Waals surface area (Å²) in [6, 6.07) is 7.19. The number of amides is 1. The molecule has 0 unspecified atom stereocenters. The van der Waals surface area contributed by atoms with Gasteiger partial charge in [-0.25, -0.2) is 4.79 Å². The third kappa shape index (κ3) is 5.34. The van der Waals surface area contributed by atoms with E-state index in [2.05, 4.69) is 20.2 Å². The third-order valence-corrected chi connectivity index (χ3v) is 6.32. The van der Waals surface area contributed by atoms with Crippen molar-refractivity contribution in [3.8, 4) is 17.0 Å². The fourth-order valence-corrected chi connectivity index (χ4v) is 4.37. The van der Waals surface area contributed by atoms with Crippen LogP contribution in [-0.2, 0) is 9.53 Å². The van der Waals surface area contributed by atoms with Crippen LogP contribution in [0.2, 0.25) is 5.02 Å². The SMILES string of the molecule is CNCCOCC(=O)N1CCN(c2ccc(-c3cc4c(C(=O)O)c[nH]c4cc3Cl)c(OC)n2)CC1. The second-order valence-corrected chi connectivity index (χ2v) is 8.54.